The van der Waals surface area contributed by atoms with Crippen molar-refractivity contribution in [2.75, 3.05) is 0 Å². The molecule has 0 saturated heterocycles. The van der Waals surface area contributed by atoms with Gasteiger partial charge in [-0.05, 0) is 37.5 Å². The second-order valence-corrected chi connectivity index (χ2v) is 2.78. The van der Waals surface area contributed by atoms with Crippen LogP contribution in [-0.2, 0) is 11.2 Å². The van der Waals surface area contributed by atoms with Gasteiger partial charge in [0.25, 0.3) is 0 Å². The summed E-state index contributed by atoms with van der Waals surface area (Å²) in [5, 5.41) is 0. The number of hydrogen-bond donors (Lipinski definition) is 0. The topological polar surface area (TPSA) is 30.2 Å². The molecule has 0 unspecified atom stereocenters. The maximum absolute atomic E-state index is 10.1. The number of rotatable bonds is 4. The van der Waals surface area contributed by atoms with Gasteiger partial charge in [-0.1, -0.05) is 5.57 Å². The van der Waals surface area contributed by atoms with Crippen LogP contribution in [0, 0.1) is 0 Å². The molecule has 2 heteroatoms. The van der Waals surface area contributed by atoms with Crippen molar-refractivity contribution in [2.24, 2.45) is 0 Å². The molecule has 1 heterocycles. The first-order valence-electron chi connectivity index (χ1n) is 3.95. The second-order valence-electron chi connectivity index (χ2n) is 2.78. The summed E-state index contributed by atoms with van der Waals surface area (Å²) in [4.78, 5) is 10.1. The van der Waals surface area contributed by atoms with E-state index in [0.29, 0.717) is 0 Å². The van der Waals surface area contributed by atoms with E-state index >= 15 is 0 Å². The highest BCUT2D eigenvalue weighted by molar-refractivity contribution is 5.65. The molecule has 1 aromatic heterocycles. The Morgan fingerprint density at radius 2 is 2.50 bits per heavy atom. The third-order valence-corrected chi connectivity index (χ3v) is 1.74. The molecule has 64 valence electrons. The van der Waals surface area contributed by atoms with Crippen LogP contribution in [0.1, 0.15) is 18.9 Å². The fourth-order valence-electron chi connectivity index (χ4n) is 0.976. The van der Waals surface area contributed by atoms with Gasteiger partial charge >= 0.3 is 0 Å². The smallest absolute Gasteiger partial charge is 0.142 e. The summed E-state index contributed by atoms with van der Waals surface area (Å²) in [6.07, 6.45) is 7.66. The van der Waals surface area contributed by atoms with Gasteiger partial charge in [0.1, 0.15) is 6.29 Å². The summed E-state index contributed by atoms with van der Waals surface area (Å²) in [6, 6.07) is 1.94. The number of hydrogen-bond acceptors (Lipinski definition) is 2. The van der Waals surface area contributed by atoms with Gasteiger partial charge in [-0.3, -0.25) is 4.79 Å². The maximum atomic E-state index is 10.1. The number of allylic oxidation sites excluding steroid dienone is 2. The minimum Gasteiger partial charge on any atom is -0.472 e. The Bertz CT molecular complexity index is 257. The minimum atomic E-state index is 0.824. The Hall–Kier alpha value is -1.31. The largest absolute Gasteiger partial charge is 0.472 e. The van der Waals surface area contributed by atoms with Crippen molar-refractivity contribution in [1.82, 2.24) is 0 Å². The van der Waals surface area contributed by atoms with E-state index in [2.05, 4.69) is 0 Å². The Morgan fingerprint density at radius 1 is 1.67 bits per heavy atom. The lowest BCUT2D eigenvalue weighted by molar-refractivity contribution is -0.104. The van der Waals surface area contributed by atoms with Gasteiger partial charge in [-0.15, -0.1) is 0 Å². The molecule has 0 N–H and O–H groups in total. The van der Waals surface area contributed by atoms with Crippen LogP contribution in [0.25, 0.3) is 0 Å². The molecular formula is C10H12O2. The molecule has 12 heavy (non-hydrogen) atoms. The zero-order valence-corrected chi connectivity index (χ0v) is 7.12. The molecule has 0 fully saturated rings. The zero-order chi connectivity index (χ0) is 8.81. The van der Waals surface area contributed by atoms with Crippen LogP contribution in [0.15, 0.2) is 34.7 Å². The molecule has 0 aliphatic heterocycles. The number of carbonyl (C=O) groups is 1. The molecule has 2 nitrogen and oxygen atoms in total. The van der Waals surface area contributed by atoms with Crippen LogP contribution in [-0.4, -0.2) is 6.29 Å². The molecule has 1 rings (SSSR count). The quantitative estimate of drug-likeness (QED) is 0.505. The number of furan rings is 1. The molecule has 0 spiro atoms. The Labute approximate surface area is 71.9 Å². The molecular weight excluding hydrogens is 152 g/mol. The maximum Gasteiger partial charge on any atom is 0.142 e. The SMILES string of the molecule is C/C(=C\C=O)CCc1ccoc1. The molecule has 0 amide bonds. The third-order valence-electron chi connectivity index (χ3n) is 1.74. The second kappa shape index (κ2) is 4.54. The van der Waals surface area contributed by atoms with E-state index in [9.17, 15) is 4.79 Å². The Kier molecular flexibility index (Phi) is 3.33. The first-order chi connectivity index (χ1) is 5.83. The Morgan fingerprint density at radius 3 is 3.08 bits per heavy atom. The van der Waals surface area contributed by atoms with Gasteiger partial charge < -0.3 is 4.42 Å². The third kappa shape index (κ3) is 2.74. The van der Waals surface area contributed by atoms with Gasteiger partial charge in [0.05, 0.1) is 12.5 Å². The molecule has 0 bridgehead atoms. The van der Waals surface area contributed by atoms with Crippen LogP contribution in [0.5, 0.6) is 0 Å². The summed E-state index contributed by atoms with van der Waals surface area (Å²) in [7, 11) is 0. The predicted octanol–water partition coefficient (Wildman–Crippen LogP) is 2.36. The standard InChI is InChI=1S/C10H12O2/c1-9(4-6-11)2-3-10-5-7-12-8-10/h4-8H,2-3H2,1H3/b9-4+. The van der Waals surface area contributed by atoms with Crippen molar-refractivity contribution < 1.29 is 9.21 Å². The lowest BCUT2D eigenvalue weighted by Crippen LogP contribution is -1.83. The van der Waals surface area contributed by atoms with Gasteiger partial charge in [-0.2, -0.15) is 0 Å². The van der Waals surface area contributed by atoms with Gasteiger partial charge in [0, 0.05) is 0 Å². The van der Waals surface area contributed by atoms with E-state index in [4.69, 9.17) is 4.42 Å². The van der Waals surface area contributed by atoms with Crippen LogP contribution in [0.4, 0.5) is 0 Å². The average Bonchev–Trinajstić information content (AvgIpc) is 2.53. The van der Waals surface area contributed by atoms with Gasteiger partial charge in [0.15, 0.2) is 0 Å². The van der Waals surface area contributed by atoms with Crippen molar-refractivity contribution in [2.45, 2.75) is 19.8 Å². The summed E-state index contributed by atoms with van der Waals surface area (Å²) < 4.78 is 4.92. The summed E-state index contributed by atoms with van der Waals surface area (Å²) >= 11 is 0. The highest BCUT2D eigenvalue weighted by atomic mass is 16.3. The van der Waals surface area contributed by atoms with Crippen molar-refractivity contribution >= 4 is 6.29 Å². The normalized spacial score (nSPS) is 11.6. The van der Waals surface area contributed by atoms with E-state index < -0.39 is 0 Å². The Balaban J connectivity index is 2.36. The van der Waals surface area contributed by atoms with Crippen molar-refractivity contribution in [3.05, 3.63) is 35.8 Å². The van der Waals surface area contributed by atoms with Crippen molar-refractivity contribution in [3.8, 4) is 0 Å². The summed E-state index contributed by atoms with van der Waals surface area (Å²) in [6.45, 7) is 1.95. The highest BCUT2D eigenvalue weighted by Crippen LogP contribution is 2.08. The van der Waals surface area contributed by atoms with E-state index in [1.165, 1.54) is 5.56 Å². The molecule has 0 aromatic carbocycles. The summed E-state index contributed by atoms with van der Waals surface area (Å²) in [5.74, 6) is 0. The van der Waals surface area contributed by atoms with Crippen molar-refractivity contribution in [3.63, 3.8) is 0 Å². The molecule has 0 radical (unpaired) electrons. The highest BCUT2D eigenvalue weighted by Gasteiger charge is 1.94. The number of aryl methyl sites for hydroxylation is 1. The first-order valence-corrected chi connectivity index (χ1v) is 3.95. The summed E-state index contributed by atoms with van der Waals surface area (Å²) in [5.41, 5.74) is 2.28. The fourth-order valence-corrected chi connectivity index (χ4v) is 0.976. The molecule has 0 atom stereocenters. The molecule has 0 saturated carbocycles. The average molecular weight is 164 g/mol. The van der Waals surface area contributed by atoms with Crippen molar-refractivity contribution in [1.29, 1.82) is 0 Å². The zero-order valence-electron chi connectivity index (χ0n) is 7.12. The molecule has 0 aliphatic rings. The molecule has 0 aliphatic carbocycles. The van der Waals surface area contributed by atoms with E-state index in [1.807, 2.05) is 13.0 Å². The lowest BCUT2D eigenvalue weighted by Gasteiger charge is -1.95. The lowest BCUT2D eigenvalue weighted by atomic mass is 10.1. The number of carbonyl (C=O) groups excluding carboxylic acids is 1. The predicted molar refractivity (Wildman–Crippen MR) is 46.9 cm³/mol. The number of aldehydes is 1. The minimum absolute atomic E-state index is 0.824. The monoisotopic (exact) mass is 164 g/mol. The van der Waals surface area contributed by atoms with Crippen LogP contribution >= 0.6 is 0 Å². The fraction of sp³-hybridized carbons (Fsp3) is 0.300. The van der Waals surface area contributed by atoms with Crippen LogP contribution in [0.2, 0.25) is 0 Å². The van der Waals surface area contributed by atoms with Gasteiger partial charge in [-0.25, -0.2) is 0 Å². The van der Waals surface area contributed by atoms with Crippen LogP contribution < -0.4 is 0 Å². The van der Waals surface area contributed by atoms with E-state index in [1.54, 1.807) is 18.6 Å². The van der Waals surface area contributed by atoms with E-state index in [0.717, 1.165) is 24.7 Å². The van der Waals surface area contributed by atoms with Gasteiger partial charge in [0.2, 0.25) is 0 Å². The molecule has 1 aromatic rings. The van der Waals surface area contributed by atoms with Crippen LogP contribution in [0.3, 0.4) is 0 Å². The van der Waals surface area contributed by atoms with E-state index in [-0.39, 0.29) is 0 Å². The first kappa shape index (κ1) is 8.78.